The number of hydrogen-bond donors (Lipinski definition) is 3. The van der Waals surface area contributed by atoms with Crippen LogP contribution in [0.3, 0.4) is 0 Å². The lowest BCUT2D eigenvalue weighted by atomic mass is 10.1. The van der Waals surface area contributed by atoms with Crippen molar-refractivity contribution in [3.05, 3.63) is 50.7 Å². The molecule has 6 heteroatoms. The third-order valence-corrected chi connectivity index (χ3v) is 6.24. The second-order valence-electron chi connectivity index (χ2n) is 6.86. The largest absolute Gasteiger partial charge is 0.321 e. The monoisotopic (exact) mass is 379 g/mol. The van der Waals surface area contributed by atoms with Gasteiger partial charge in [0.05, 0.1) is 9.21 Å². The molecule has 25 heavy (non-hydrogen) atoms. The molecule has 134 valence electrons. The summed E-state index contributed by atoms with van der Waals surface area (Å²) in [6, 6.07) is 10.1. The number of halogens is 1. The van der Waals surface area contributed by atoms with Crippen LogP contribution in [0.2, 0.25) is 4.34 Å². The van der Waals surface area contributed by atoms with Crippen LogP contribution in [-0.2, 0) is 11.3 Å². The Kier molecular flexibility index (Phi) is 6.12. The zero-order valence-corrected chi connectivity index (χ0v) is 16.4. The number of carbonyl (C=O) groups excluding carboxylic acids is 1. The molecule has 0 bridgehead atoms. The maximum atomic E-state index is 12.4. The number of amides is 1. The molecular formula is C19H26ClN3OS+2. The van der Waals surface area contributed by atoms with E-state index in [4.69, 9.17) is 11.6 Å². The van der Waals surface area contributed by atoms with E-state index in [9.17, 15) is 4.79 Å². The number of anilines is 1. The van der Waals surface area contributed by atoms with Gasteiger partial charge in [0.2, 0.25) is 0 Å². The Labute approximate surface area is 158 Å². The van der Waals surface area contributed by atoms with Crippen molar-refractivity contribution < 1.29 is 14.6 Å². The summed E-state index contributed by atoms with van der Waals surface area (Å²) in [5, 5.41) is 3.07. The van der Waals surface area contributed by atoms with Crippen molar-refractivity contribution in [1.82, 2.24) is 0 Å². The van der Waals surface area contributed by atoms with Crippen LogP contribution in [0.1, 0.15) is 16.0 Å². The summed E-state index contributed by atoms with van der Waals surface area (Å²) >= 11 is 7.68. The number of rotatable bonds is 5. The second kappa shape index (κ2) is 8.32. The Morgan fingerprint density at radius 2 is 1.84 bits per heavy atom. The summed E-state index contributed by atoms with van der Waals surface area (Å²) < 4.78 is 0.863. The van der Waals surface area contributed by atoms with Gasteiger partial charge in [-0.3, -0.25) is 4.79 Å². The van der Waals surface area contributed by atoms with Crippen molar-refractivity contribution in [2.75, 3.05) is 38.0 Å². The number of thiophene rings is 1. The number of carbonyl (C=O) groups is 1. The lowest BCUT2D eigenvalue weighted by Gasteiger charge is -2.29. The molecule has 0 unspecified atom stereocenters. The molecule has 0 saturated carbocycles. The highest BCUT2D eigenvalue weighted by molar-refractivity contribution is 7.16. The van der Waals surface area contributed by atoms with Crippen LogP contribution in [0.4, 0.5) is 5.69 Å². The molecule has 3 rings (SSSR count). The molecule has 1 aromatic heterocycles. The first-order valence-corrected chi connectivity index (χ1v) is 9.98. The smallest absolute Gasteiger partial charge is 0.279 e. The van der Waals surface area contributed by atoms with Gasteiger partial charge < -0.3 is 15.1 Å². The summed E-state index contributed by atoms with van der Waals surface area (Å²) in [6.45, 7) is 9.98. The molecule has 1 aliphatic heterocycles. The molecule has 2 heterocycles. The predicted molar refractivity (Wildman–Crippen MR) is 104 cm³/mol. The molecule has 1 fully saturated rings. The van der Waals surface area contributed by atoms with Gasteiger partial charge >= 0.3 is 0 Å². The van der Waals surface area contributed by atoms with Crippen molar-refractivity contribution in [2.45, 2.75) is 20.4 Å². The van der Waals surface area contributed by atoms with Crippen LogP contribution in [0.25, 0.3) is 0 Å². The molecule has 0 spiro atoms. The van der Waals surface area contributed by atoms with E-state index in [1.807, 2.05) is 18.2 Å². The first-order chi connectivity index (χ1) is 12.0. The topological polar surface area (TPSA) is 38.0 Å². The first-order valence-electron chi connectivity index (χ1n) is 8.78. The lowest BCUT2D eigenvalue weighted by Crippen LogP contribution is -3.28. The van der Waals surface area contributed by atoms with Gasteiger partial charge in [0.1, 0.15) is 32.7 Å². The maximum absolute atomic E-state index is 12.4. The van der Waals surface area contributed by atoms with E-state index in [0.29, 0.717) is 6.54 Å². The maximum Gasteiger partial charge on any atom is 0.279 e. The number of nitrogens with one attached hydrogen (secondary N) is 3. The Bertz CT molecular complexity index is 738. The lowest BCUT2D eigenvalue weighted by molar-refractivity contribution is -1.01. The van der Waals surface area contributed by atoms with E-state index in [1.165, 1.54) is 15.3 Å². The molecule has 1 aromatic carbocycles. The minimum Gasteiger partial charge on any atom is -0.321 e. The fraction of sp³-hybridized carbons (Fsp3) is 0.421. The molecular weight excluding hydrogens is 354 g/mol. The number of hydrogen-bond acceptors (Lipinski definition) is 2. The zero-order chi connectivity index (χ0) is 17.8. The van der Waals surface area contributed by atoms with Crippen LogP contribution in [0, 0.1) is 13.8 Å². The van der Waals surface area contributed by atoms with Gasteiger partial charge in [0.25, 0.3) is 5.91 Å². The first kappa shape index (κ1) is 18.4. The third-order valence-electron chi connectivity index (χ3n) is 5.01. The van der Waals surface area contributed by atoms with Crippen molar-refractivity contribution in [2.24, 2.45) is 0 Å². The minimum atomic E-state index is 0.109. The standard InChI is InChI=1S/C19H24ClN3OS/c1-14-4-3-5-17(15(14)2)21-19(24)13-23-10-8-22(9-11-23)12-16-6-7-18(20)25-16/h3-7H,8-13H2,1-2H3,(H,21,24)/p+2. The SMILES string of the molecule is Cc1cccc(NC(=O)C[NH+]2CC[NH+](Cc3ccc(Cl)s3)CC2)c1C. The highest BCUT2D eigenvalue weighted by Crippen LogP contribution is 2.20. The summed E-state index contributed by atoms with van der Waals surface area (Å²) in [6.07, 6.45) is 0. The third kappa shape index (κ3) is 5.05. The highest BCUT2D eigenvalue weighted by Gasteiger charge is 2.25. The van der Waals surface area contributed by atoms with Gasteiger partial charge in [-0.2, -0.15) is 0 Å². The minimum absolute atomic E-state index is 0.109. The number of quaternary nitrogens is 2. The van der Waals surface area contributed by atoms with Crippen LogP contribution in [0.15, 0.2) is 30.3 Å². The quantitative estimate of drug-likeness (QED) is 0.710. The highest BCUT2D eigenvalue weighted by atomic mass is 35.5. The van der Waals surface area contributed by atoms with Gasteiger partial charge in [-0.1, -0.05) is 23.7 Å². The fourth-order valence-corrected chi connectivity index (χ4v) is 4.47. The van der Waals surface area contributed by atoms with Crippen molar-refractivity contribution in [3.8, 4) is 0 Å². The zero-order valence-electron chi connectivity index (χ0n) is 14.8. The number of benzene rings is 1. The number of piperazine rings is 1. The van der Waals surface area contributed by atoms with Crippen molar-refractivity contribution in [3.63, 3.8) is 0 Å². The Morgan fingerprint density at radius 1 is 1.12 bits per heavy atom. The van der Waals surface area contributed by atoms with Gasteiger partial charge in [0, 0.05) is 5.69 Å². The second-order valence-corrected chi connectivity index (χ2v) is 8.65. The predicted octanol–water partition coefficient (Wildman–Crippen LogP) is 0.940. The molecule has 0 radical (unpaired) electrons. The normalized spacial score (nSPS) is 20.4. The van der Waals surface area contributed by atoms with E-state index in [-0.39, 0.29) is 5.91 Å². The van der Waals surface area contributed by atoms with E-state index in [1.54, 1.807) is 16.2 Å². The molecule has 0 aliphatic carbocycles. The van der Waals surface area contributed by atoms with Crippen molar-refractivity contribution in [1.29, 1.82) is 0 Å². The molecule has 1 aliphatic rings. The van der Waals surface area contributed by atoms with E-state index >= 15 is 0 Å². The Balaban J connectivity index is 1.45. The van der Waals surface area contributed by atoms with E-state index < -0.39 is 0 Å². The van der Waals surface area contributed by atoms with Gasteiger partial charge in [-0.15, -0.1) is 11.3 Å². The van der Waals surface area contributed by atoms with Crippen LogP contribution in [0.5, 0.6) is 0 Å². The van der Waals surface area contributed by atoms with E-state index in [0.717, 1.165) is 48.3 Å². The molecule has 1 saturated heterocycles. The van der Waals surface area contributed by atoms with Gasteiger partial charge in [-0.05, 0) is 43.2 Å². The Hall–Kier alpha value is -1.40. The fourth-order valence-electron chi connectivity index (χ4n) is 3.31. The molecule has 2 aromatic rings. The molecule has 3 N–H and O–H groups in total. The average Bonchev–Trinajstić information content (AvgIpc) is 2.99. The summed E-state index contributed by atoms with van der Waals surface area (Å²) in [4.78, 5) is 16.7. The van der Waals surface area contributed by atoms with Crippen LogP contribution < -0.4 is 15.1 Å². The molecule has 1 amide bonds. The summed E-state index contributed by atoms with van der Waals surface area (Å²) in [7, 11) is 0. The van der Waals surface area contributed by atoms with Crippen LogP contribution in [-0.4, -0.2) is 38.6 Å². The average molecular weight is 380 g/mol. The van der Waals surface area contributed by atoms with Crippen molar-refractivity contribution >= 4 is 34.5 Å². The molecule has 0 atom stereocenters. The van der Waals surface area contributed by atoms with Gasteiger partial charge in [-0.25, -0.2) is 0 Å². The van der Waals surface area contributed by atoms with E-state index in [2.05, 4.69) is 31.3 Å². The van der Waals surface area contributed by atoms with Crippen LogP contribution >= 0.6 is 22.9 Å². The summed E-state index contributed by atoms with van der Waals surface area (Å²) in [5.74, 6) is 0.109. The Morgan fingerprint density at radius 3 is 2.52 bits per heavy atom. The number of aryl methyl sites for hydroxylation is 1. The van der Waals surface area contributed by atoms with Gasteiger partial charge in [0.15, 0.2) is 6.54 Å². The summed E-state index contributed by atoms with van der Waals surface area (Å²) in [5.41, 5.74) is 3.29. The molecule has 4 nitrogen and oxygen atoms in total.